The van der Waals surface area contributed by atoms with Crippen LogP contribution in [0.5, 0.6) is 0 Å². The van der Waals surface area contributed by atoms with E-state index >= 15 is 0 Å². The number of hydrogen-bond donors (Lipinski definition) is 1. The van der Waals surface area contributed by atoms with Gasteiger partial charge in [0.25, 0.3) is 0 Å². The number of nitrogens with zero attached hydrogens (tertiary/aromatic N) is 3. The first-order valence-electron chi connectivity index (χ1n) is 5.70. The van der Waals surface area contributed by atoms with E-state index in [9.17, 15) is 15.2 Å². The smallest absolute Gasteiger partial charge is 0.363 e. The highest BCUT2D eigenvalue weighted by Crippen LogP contribution is 2.24. The SMILES string of the molecule is O=[N+]([O-])c1ccc(N2CCCC[C@@H]2CO)cn1. The molecule has 0 bridgehead atoms. The average molecular weight is 237 g/mol. The van der Waals surface area contributed by atoms with Gasteiger partial charge < -0.3 is 20.1 Å². The van der Waals surface area contributed by atoms with E-state index in [0.29, 0.717) is 0 Å². The minimum absolute atomic E-state index is 0.104. The number of hydrogen-bond acceptors (Lipinski definition) is 5. The largest absolute Gasteiger partial charge is 0.394 e. The van der Waals surface area contributed by atoms with Gasteiger partial charge in [0, 0.05) is 12.6 Å². The van der Waals surface area contributed by atoms with E-state index in [1.807, 2.05) is 0 Å². The number of rotatable bonds is 3. The first-order valence-corrected chi connectivity index (χ1v) is 5.70. The minimum atomic E-state index is -0.510. The van der Waals surface area contributed by atoms with Crippen molar-refractivity contribution in [2.45, 2.75) is 25.3 Å². The summed E-state index contributed by atoms with van der Waals surface area (Å²) in [6.45, 7) is 0.974. The van der Waals surface area contributed by atoms with Crippen molar-refractivity contribution in [2.24, 2.45) is 0 Å². The van der Waals surface area contributed by atoms with E-state index in [4.69, 9.17) is 0 Å². The molecule has 1 atom stereocenters. The normalized spacial score (nSPS) is 20.3. The van der Waals surface area contributed by atoms with Crippen molar-refractivity contribution < 1.29 is 10.0 Å². The van der Waals surface area contributed by atoms with Crippen LogP contribution >= 0.6 is 0 Å². The lowest BCUT2D eigenvalue weighted by Crippen LogP contribution is -2.41. The number of aromatic nitrogens is 1. The van der Waals surface area contributed by atoms with Gasteiger partial charge in [-0.1, -0.05) is 0 Å². The average Bonchev–Trinajstić information content (AvgIpc) is 2.39. The Hall–Kier alpha value is -1.69. The topological polar surface area (TPSA) is 79.5 Å². The van der Waals surface area contributed by atoms with E-state index < -0.39 is 4.92 Å². The van der Waals surface area contributed by atoms with E-state index in [-0.39, 0.29) is 18.5 Å². The third kappa shape index (κ3) is 2.52. The lowest BCUT2D eigenvalue weighted by atomic mass is 10.0. The van der Waals surface area contributed by atoms with Gasteiger partial charge in [-0.05, 0) is 35.2 Å². The molecule has 1 fully saturated rings. The van der Waals surface area contributed by atoms with Crippen molar-refractivity contribution in [1.82, 2.24) is 4.98 Å². The molecule has 1 N–H and O–H groups in total. The first-order chi connectivity index (χ1) is 8.22. The van der Waals surface area contributed by atoms with Crippen LogP contribution in [0, 0.1) is 10.1 Å². The summed E-state index contributed by atoms with van der Waals surface area (Å²) in [5.41, 5.74) is 0.842. The Balaban J connectivity index is 2.17. The Bertz CT molecular complexity index is 393. The Kier molecular flexibility index (Phi) is 3.53. The fourth-order valence-corrected chi connectivity index (χ4v) is 2.19. The predicted octanol–water partition coefficient (Wildman–Crippen LogP) is 1.34. The van der Waals surface area contributed by atoms with Gasteiger partial charge in [-0.25, -0.2) is 0 Å². The molecule has 0 unspecified atom stereocenters. The highest BCUT2D eigenvalue weighted by Gasteiger charge is 2.23. The zero-order valence-electron chi connectivity index (χ0n) is 9.45. The summed E-state index contributed by atoms with van der Waals surface area (Å²) >= 11 is 0. The van der Waals surface area contributed by atoms with Crippen molar-refractivity contribution in [3.63, 3.8) is 0 Å². The zero-order chi connectivity index (χ0) is 12.3. The summed E-state index contributed by atoms with van der Waals surface area (Å²) in [7, 11) is 0. The van der Waals surface area contributed by atoms with Gasteiger partial charge in [-0.15, -0.1) is 0 Å². The molecule has 6 nitrogen and oxygen atoms in total. The summed E-state index contributed by atoms with van der Waals surface area (Å²) in [5, 5.41) is 19.8. The molecule has 6 heteroatoms. The van der Waals surface area contributed by atoms with Gasteiger partial charge in [0.1, 0.15) is 0 Å². The molecule has 0 aliphatic carbocycles. The van der Waals surface area contributed by atoms with Crippen LogP contribution in [0.3, 0.4) is 0 Å². The van der Waals surface area contributed by atoms with Crippen LogP contribution in [0.15, 0.2) is 18.3 Å². The van der Waals surface area contributed by atoms with Crippen LogP contribution in [-0.4, -0.2) is 34.2 Å². The van der Waals surface area contributed by atoms with Gasteiger partial charge >= 0.3 is 5.82 Å². The second-order valence-corrected chi connectivity index (χ2v) is 4.16. The van der Waals surface area contributed by atoms with Gasteiger partial charge in [0.2, 0.25) is 0 Å². The number of nitro groups is 1. The Morgan fingerprint density at radius 3 is 2.94 bits per heavy atom. The predicted molar refractivity (Wildman–Crippen MR) is 63.0 cm³/mol. The van der Waals surface area contributed by atoms with Crippen molar-refractivity contribution in [3.8, 4) is 0 Å². The number of piperidine rings is 1. The van der Waals surface area contributed by atoms with Gasteiger partial charge in [0.15, 0.2) is 6.20 Å². The van der Waals surface area contributed by atoms with Crippen LogP contribution in [0.25, 0.3) is 0 Å². The van der Waals surface area contributed by atoms with Crippen LogP contribution in [0.2, 0.25) is 0 Å². The summed E-state index contributed by atoms with van der Waals surface area (Å²) in [5.74, 6) is -0.147. The number of aliphatic hydroxyl groups excluding tert-OH is 1. The minimum Gasteiger partial charge on any atom is -0.394 e. The highest BCUT2D eigenvalue weighted by atomic mass is 16.6. The summed E-state index contributed by atoms with van der Waals surface area (Å²) in [6.07, 6.45) is 4.65. The Labute approximate surface area is 99.0 Å². The van der Waals surface area contributed by atoms with Gasteiger partial charge in [0.05, 0.1) is 18.3 Å². The van der Waals surface area contributed by atoms with Crippen LogP contribution in [-0.2, 0) is 0 Å². The summed E-state index contributed by atoms with van der Waals surface area (Å²) in [6, 6.07) is 3.20. The van der Waals surface area contributed by atoms with Crippen LogP contribution < -0.4 is 4.90 Å². The maximum atomic E-state index is 10.5. The molecule has 1 aliphatic heterocycles. The van der Waals surface area contributed by atoms with E-state index in [2.05, 4.69) is 9.88 Å². The van der Waals surface area contributed by atoms with E-state index in [0.717, 1.165) is 31.5 Å². The Morgan fingerprint density at radius 2 is 2.35 bits per heavy atom. The molecule has 1 aromatic rings. The summed E-state index contributed by atoms with van der Waals surface area (Å²) in [4.78, 5) is 15.9. The third-order valence-electron chi connectivity index (χ3n) is 3.09. The monoisotopic (exact) mass is 237 g/mol. The standard InChI is InChI=1S/C11H15N3O3/c15-8-10-3-1-2-6-13(10)9-4-5-11(12-7-9)14(16)17/h4-5,7,10,15H,1-3,6,8H2/t10-/m1/s1. The Morgan fingerprint density at radius 1 is 1.53 bits per heavy atom. The van der Waals surface area contributed by atoms with Gasteiger partial charge in [-0.3, -0.25) is 0 Å². The van der Waals surface area contributed by atoms with Crippen molar-refractivity contribution >= 4 is 11.5 Å². The maximum Gasteiger partial charge on any atom is 0.363 e. The number of pyridine rings is 1. The van der Waals surface area contributed by atoms with Crippen molar-refractivity contribution in [2.75, 3.05) is 18.1 Å². The first kappa shape index (κ1) is 11.8. The van der Waals surface area contributed by atoms with Crippen molar-refractivity contribution in [3.05, 3.63) is 28.4 Å². The van der Waals surface area contributed by atoms with E-state index in [1.54, 1.807) is 6.07 Å². The molecule has 1 aromatic heterocycles. The lowest BCUT2D eigenvalue weighted by Gasteiger charge is -2.35. The molecule has 0 saturated carbocycles. The molecular formula is C11H15N3O3. The van der Waals surface area contributed by atoms with E-state index in [1.165, 1.54) is 12.3 Å². The molecule has 17 heavy (non-hydrogen) atoms. The molecule has 2 rings (SSSR count). The highest BCUT2D eigenvalue weighted by molar-refractivity contribution is 5.47. The van der Waals surface area contributed by atoms with Crippen LogP contribution in [0.1, 0.15) is 19.3 Å². The summed E-state index contributed by atoms with van der Waals surface area (Å²) < 4.78 is 0. The molecule has 0 radical (unpaired) electrons. The number of anilines is 1. The molecule has 1 aliphatic rings. The molecule has 2 heterocycles. The maximum absolute atomic E-state index is 10.5. The molecule has 0 aromatic carbocycles. The zero-order valence-corrected chi connectivity index (χ0v) is 9.45. The molecule has 1 saturated heterocycles. The number of aliphatic hydroxyl groups is 1. The quantitative estimate of drug-likeness (QED) is 0.634. The second kappa shape index (κ2) is 5.09. The molecule has 0 spiro atoms. The fourth-order valence-electron chi connectivity index (χ4n) is 2.19. The fraction of sp³-hybridized carbons (Fsp3) is 0.545. The molecule has 0 amide bonds. The third-order valence-corrected chi connectivity index (χ3v) is 3.09. The van der Waals surface area contributed by atoms with Gasteiger partial charge in [-0.2, -0.15) is 0 Å². The lowest BCUT2D eigenvalue weighted by molar-refractivity contribution is -0.389. The van der Waals surface area contributed by atoms with Crippen LogP contribution in [0.4, 0.5) is 11.5 Å². The molecular weight excluding hydrogens is 222 g/mol. The molecule has 92 valence electrons. The second-order valence-electron chi connectivity index (χ2n) is 4.16. The van der Waals surface area contributed by atoms with Crippen molar-refractivity contribution in [1.29, 1.82) is 0 Å².